The van der Waals surface area contributed by atoms with Crippen LogP contribution in [0.3, 0.4) is 0 Å². The minimum atomic E-state index is 0.664. The second kappa shape index (κ2) is 4.64. The average molecular weight is 219 g/mol. The van der Waals surface area contributed by atoms with E-state index < -0.39 is 0 Å². The molecule has 0 aliphatic carbocycles. The summed E-state index contributed by atoms with van der Waals surface area (Å²) < 4.78 is 0. The van der Waals surface area contributed by atoms with Gasteiger partial charge in [0, 0.05) is 18.3 Å². The maximum absolute atomic E-state index is 5.86. The summed E-state index contributed by atoms with van der Waals surface area (Å²) in [4.78, 5) is 2.47. The normalized spacial score (nSPS) is 21.1. The Morgan fingerprint density at radius 2 is 2.06 bits per heavy atom. The van der Waals surface area contributed by atoms with E-state index in [0.717, 1.165) is 6.54 Å². The number of nitrogens with two attached hydrogens (primary N) is 2. The molecule has 1 saturated heterocycles. The second-order valence-corrected chi connectivity index (χ2v) is 4.56. The number of anilines is 3. The number of nitrogen functional groups attached to an aromatic ring is 2. The summed E-state index contributed by atoms with van der Waals surface area (Å²) in [5, 5.41) is 0. The predicted molar refractivity (Wildman–Crippen MR) is 70.5 cm³/mol. The van der Waals surface area contributed by atoms with Crippen LogP contribution in [0, 0.1) is 0 Å². The second-order valence-electron chi connectivity index (χ2n) is 4.56. The highest BCUT2D eigenvalue weighted by Gasteiger charge is 2.21. The molecule has 1 aromatic rings. The fourth-order valence-electron chi connectivity index (χ4n) is 2.51. The third kappa shape index (κ3) is 2.08. The van der Waals surface area contributed by atoms with Crippen molar-refractivity contribution in [3.63, 3.8) is 0 Å². The molecule has 0 saturated carbocycles. The van der Waals surface area contributed by atoms with Crippen molar-refractivity contribution in [1.29, 1.82) is 0 Å². The lowest BCUT2D eigenvalue weighted by Crippen LogP contribution is -2.39. The molecule has 1 aromatic carbocycles. The summed E-state index contributed by atoms with van der Waals surface area (Å²) in [6.07, 6.45) is 5.12. The van der Waals surface area contributed by atoms with Crippen LogP contribution in [0.1, 0.15) is 32.6 Å². The van der Waals surface area contributed by atoms with Crippen LogP contribution >= 0.6 is 0 Å². The van der Waals surface area contributed by atoms with Crippen LogP contribution < -0.4 is 16.4 Å². The van der Waals surface area contributed by atoms with Crippen LogP contribution in [0.15, 0.2) is 18.2 Å². The smallest absolute Gasteiger partial charge is 0.0568 e. The highest BCUT2D eigenvalue weighted by Crippen LogP contribution is 2.29. The third-order valence-corrected chi connectivity index (χ3v) is 3.50. The van der Waals surface area contributed by atoms with Gasteiger partial charge in [0.1, 0.15) is 0 Å². The van der Waals surface area contributed by atoms with Crippen molar-refractivity contribution in [1.82, 2.24) is 0 Å². The number of piperidine rings is 1. The fourth-order valence-corrected chi connectivity index (χ4v) is 2.51. The summed E-state index contributed by atoms with van der Waals surface area (Å²) in [7, 11) is 0. The van der Waals surface area contributed by atoms with E-state index in [4.69, 9.17) is 11.5 Å². The largest absolute Gasteiger partial charge is 0.397 e. The van der Waals surface area contributed by atoms with Gasteiger partial charge in [-0.05, 0) is 43.9 Å². The van der Waals surface area contributed by atoms with Crippen LogP contribution in [-0.2, 0) is 0 Å². The number of nitrogens with zero attached hydrogens (tertiary/aromatic N) is 1. The van der Waals surface area contributed by atoms with E-state index in [-0.39, 0.29) is 0 Å². The predicted octanol–water partition coefficient (Wildman–Crippen LogP) is 2.62. The molecule has 1 aliphatic rings. The SMILES string of the molecule is CCC1CCCCN1c1ccc(N)c(N)c1. The molecule has 0 aromatic heterocycles. The minimum Gasteiger partial charge on any atom is -0.397 e. The van der Waals surface area contributed by atoms with Crippen molar-refractivity contribution < 1.29 is 0 Å². The first kappa shape index (κ1) is 11.1. The van der Waals surface area contributed by atoms with E-state index in [2.05, 4.69) is 17.9 Å². The van der Waals surface area contributed by atoms with Gasteiger partial charge >= 0.3 is 0 Å². The van der Waals surface area contributed by atoms with Crippen molar-refractivity contribution in [3.8, 4) is 0 Å². The zero-order valence-electron chi connectivity index (χ0n) is 9.95. The van der Waals surface area contributed by atoms with Gasteiger partial charge in [-0.2, -0.15) is 0 Å². The molecule has 1 unspecified atom stereocenters. The van der Waals surface area contributed by atoms with Crippen LogP contribution in [-0.4, -0.2) is 12.6 Å². The van der Waals surface area contributed by atoms with Gasteiger partial charge in [0.15, 0.2) is 0 Å². The molecule has 16 heavy (non-hydrogen) atoms. The van der Waals surface area contributed by atoms with Crippen molar-refractivity contribution in [2.45, 2.75) is 38.6 Å². The van der Waals surface area contributed by atoms with Crippen molar-refractivity contribution in [3.05, 3.63) is 18.2 Å². The van der Waals surface area contributed by atoms with E-state index in [1.807, 2.05) is 12.1 Å². The summed E-state index contributed by atoms with van der Waals surface area (Å²) >= 11 is 0. The lowest BCUT2D eigenvalue weighted by atomic mass is 9.99. The first-order valence-corrected chi connectivity index (χ1v) is 6.14. The standard InChI is InChI=1S/C13H21N3/c1-2-10-5-3-4-8-16(10)11-6-7-12(14)13(15)9-11/h6-7,9-10H,2-5,8,14-15H2,1H3. The van der Waals surface area contributed by atoms with Gasteiger partial charge in [0.25, 0.3) is 0 Å². The Kier molecular flexibility index (Phi) is 3.22. The molecule has 1 heterocycles. The minimum absolute atomic E-state index is 0.664. The first-order valence-electron chi connectivity index (χ1n) is 6.14. The molecule has 1 aliphatic heterocycles. The molecule has 0 radical (unpaired) electrons. The first-order chi connectivity index (χ1) is 7.72. The molecule has 1 atom stereocenters. The van der Waals surface area contributed by atoms with Gasteiger partial charge in [-0.1, -0.05) is 6.92 Å². The molecule has 2 rings (SSSR count). The van der Waals surface area contributed by atoms with Crippen LogP contribution in [0.2, 0.25) is 0 Å². The monoisotopic (exact) mass is 219 g/mol. The van der Waals surface area contributed by atoms with Gasteiger partial charge in [-0.3, -0.25) is 0 Å². The number of benzene rings is 1. The number of hydrogen-bond acceptors (Lipinski definition) is 3. The van der Waals surface area contributed by atoms with Crippen molar-refractivity contribution >= 4 is 17.1 Å². The van der Waals surface area contributed by atoms with Gasteiger partial charge in [-0.15, -0.1) is 0 Å². The quantitative estimate of drug-likeness (QED) is 0.752. The summed E-state index contributed by atoms with van der Waals surface area (Å²) in [5.74, 6) is 0. The summed E-state index contributed by atoms with van der Waals surface area (Å²) in [6, 6.07) is 6.66. The van der Waals surface area contributed by atoms with E-state index in [1.165, 1.54) is 31.4 Å². The van der Waals surface area contributed by atoms with E-state index in [9.17, 15) is 0 Å². The molecule has 88 valence electrons. The highest BCUT2D eigenvalue weighted by atomic mass is 15.2. The molecule has 3 nitrogen and oxygen atoms in total. The van der Waals surface area contributed by atoms with Gasteiger partial charge in [0.2, 0.25) is 0 Å². The zero-order chi connectivity index (χ0) is 11.5. The number of rotatable bonds is 2. The van der Waals surface area contributed by atoms with E-state index in [1.54, 1.807) is 0 Å². The molecule has 0 bridgehead atoms. The zero-order valence-corrected chi connectivity index (χ0v) is 9.95. The Labute approximate surface area is 97.4 Å². The summed E-state index contributed by atoms with van der Waals surface area (Å²) in [5.41, 5.74) is 14.2. The summed E-state index contributed by atoms with van der Waals surface area (Å²) in [6.45, 7) is 3.39. The maximum atomic E-state index is 5.86. The Morgan fingerprint density at radius 3 is 2.75 bits per heavy atom. The fraction of sp³-hybridized carbons (Fsp3) is 0.538. The maximum Gasteiger partial charge on any atom is 0.0568 e. The Morgan fingerprint density at radius 1 is 1.25 bits per heavy atom. The molecule has 4 N–H and O–H groups in total. The Hall–Kier alpha value is -1.38. The van der Waals surface area contributed by atoms with Crippen molar-refractivity contribution in [2.24, 2.45) is 0 Å². The van der Waals surface area contributed by atoms with Gasteiger partial charge in [-0.25, -0.2) is 0 Å². The Balaban J connectivity index is 2.23. The average Bonchev–Trinajstić information content (AvgIpc) is 2.32. The van der Waals surface area contributed by atoms with Gasteiger partial charge in [0.05, 0.1) is 11.4 Å². The van der Waals surface area contributed by atoms with Crippen LogP contribution in [0.4, 0.5) is 17.1 Å². The van der Waals surface area contributed by atoms with Gasteiger partial charge < -0.3 is 16.4 Å². The molecular weight excluding hydrogens is 198 g/mol. The van der Waals surface area contributed by atoms with E-state index in [0.29, 0.717) is 17.4 Å². The third-order valence-electron chi connectivity index (χ3n) is 3.50. The lowest BCUT2D eigenvalue weighted by Gasteiger charge is -2.37. The molecule has 1 fully saturated rings. The molecular formula is C13H21N3. The molecule has 0 spiro atoms. The molecule has 3 heteroatoms. The Bertz CT molecular complexity index is 362. The van der Waals surface area contributed by atoms with Crippen molar-refractivity contribution in [2.75, 3.05) is 22.9 Å². The number of hydrogen-bond donors (Lipinski definition) is 2. The topological polar surface area (TPSA) is 55.3 Å². The highest BCUT2D eigenvalue weighted by molar-refractivity contribution is 5.70. The van der Waals surface area contributed by atoms with E-state index >= 15 is 0 Å². The lowest BCUT2D eigenvalue weighted by molar-refractivity contribution is 0.450. The van der Waals surface area contributed by atoms with Crippen LogP contribution in [0.5, 0.6) is 0 Å². The van der Waals surface area contributed by atoms with Crippen LogP contribution in [0.25, 0.3) is 0 Å². The molecule has 0 amide bonds.